The number of nitrogens with two attached hydrogens (primary N) is 1. The van der Waals surface area contributed by atoms with Crippen molar-refractivity contribution in [1.29, 1.82) is 5.26 Å². The lowest BCUT2D eigenvalue weighted by Gasteiger charge is -2.00. The van der Waals surface area contributed by atoms with Crippen molar-refractivity contribution in [2.24, 2.45) is 10.9 Å². The molecule has 0 unspecified atom stereocenters. The minimum atomic E-state index is -0.856. The molecule has 5 heteroatoms. The van der Waals surface area contributed by atoms with E-state index in [2.05, 4.69) is 12.1 Å². The van der Waals surface area contributed by atoms with E-state index in [4.69, 9.17) is 15.8 Å². The standard InChI is InChI=1S/C11H19N3O2/c1-2-3-4-5-6-7-8-16-14-10(9-12)11(13)15/h2-8H2,1H3,(H2,13,15). The molecule has 2 N–H and O–H groups in total. The highest BCUT2D eigenvalue weighted by atomic mass is 16.6. The van der Waals surface area contributed by atoms with E-state index in [9.17, 15) is 4.79 Å². The Morgan fingerprint density at radius 3 is 2.50 bits per heavy atom. The number of carbonyl (C=O) groups excluding carboxylic acids is 1. The van der Waals surface area contributed by atoms with Crippen LogP contribution in [0.4, 0.5) is 0 Å². The second kappa shape index (κ2) is 9.97. The molecule has 5 nitrogen and oxygen atoms in total. The summed E-state index contributed by atoms with van der Waals surface area (Å²) in [5.74, 6) is -0.856. The van der Waals surface area contributed by atoms with Gasteiger partial charge in [0.2, 0.25) is 5.71 Å². The molecule has 0 rings (SSSR count). The van der Waals surface area contributed by atoms with E-state index in [1.54, 1.807) is 6.07 Å². The minimum Gasteiger partial charge on any atom is -0.395 e. The van der Waals surface area contributed by atoms with Crippen LogP contribution < -0.4 is 5.73 Å². The third-order valence-corrected chi connectivity index (χ3v) is 2.08. The summed E-state index contributed by atoms with van der Waals surface area (Å²) in [6.45, 7) is 2.59. The maximum absolute atomic E-state index is 10.6. The Kier molecular flexibility index (Phi) is 8.99. The summed E-state index contributed by atoms with van der Waals surface area (Å²) in [5, 5.41) is 11.8. The highest BCUT2D eigenvalue weighted by molar-refractivity contribution is 6.44. The first-order valence-corrected chi connectivity index (χ1v) is 5.62. The molecule has 0 saturated carbocycles. The summed E-state index contributed by atoms with van der Waals surface area (Å²) in [5.41, 5.74) is 4.49. The second-order valence-corrected chi connectivity index (χ2v) is 3.52. The number of nitriles is 1. The molecule has 16 heavy (non-hydrogen) atoms. The molecule has 90 valence electrons. The first-order valence-electron chi connectivity index (χ1n) is 5.62. The van der Waals surface area contributed by atoms with Crippen molar-refractivity contribution >= 4 is 11.6 Å². The van der Waals surface area contributed by atoms with Crippen LogP contribution in [0.15, 0.2) is 5.16 Å². The van der Waals surface area contributed by atoms with Crippen molar-refractivity contribution in [3.63, 3.8) is 0 Å². The molecular formula is C11H19N3O2. The fourth-order valence-corrected chi connectivity index (χ4v) is 1.18. The summed E-state index contributed by atoms with van der Waals surface area (Å²) in [6, 6.07) is 1.57. The largest absolute Gasteiger partial charge is 0.395 e. The fourth-order valence-electron chi connectivity index (χ4n) is 1.18. The van der Waals surface area contributed by atoms with Crippen LogP contribution in [0.1, 0.15) is 45.4 Å². The Morgan fingerprint density at radius 2 is 1.94 bits per heavy atom. The monoisotopic (exact) mass is 225 g/mol. The zero-order chi connectivity index (χ0) is 12.2. The van der Waals surface area contributed by atoms with Crippen LogP contribution >= 0.6 is 0 Å². The number of rotatable bonds is 9. The van der Waals surface area contributed by atoms with Crippen molar-refractivity contribution in [2.75, 3.05) is 6.61 Å². The highest BCUT2D eigenvalue weighted by Gasteiger charge is 2.04. The van der Waals surface area contributed by atoms with E-state index in [1.807, 2.05) is 0 Å². The molecule has 0 fully saturated rings. The van der Waals surface area contributed by atoms with Crippen LogP contribution in [-0.4, -0.2) is 18.2 Å². The molecular weight excluding hydrogens is 206 g/mol. The smallest absolute Gasteiger partial charge is 0.281 e. The molecule has 0 aromatic carbocycles. The van der Waals surface area contributed by atoms with Crippen molar-refractivity contribution in [2.45, 2.75) is 45.4 Å². The molecule has 0 aromatic heterocycles. The van der Waals surface area contributed by atoms with Crippen molar-refractivity contribution in [1.82, 2.24) is 0 Å². The van der Waals surface area contributed by atoms with E-state index in [0.717, 1.165) is 12.8 Å². The molecule has 0 saturated heterocycles. The van der Waals surface area contributed by atoms with E-state index in [1.165, 1.54) is 25.7 Å². The number of carbonyl (C=O) groups is 1. The SMILES string of the molecule is CCCCCCCCON=C(C#N)C(N)=O. The van der Waals surface area contributed by atoms with Crippen LogP contribution in [0, 0.1) is 11.3 Å². The second-order valence-electron chi connectivity index (χ2n) is 3.52. The topological polar surface area (TPSA) is 88.5 Å². The normalized spacial score (nSPS) is 10.9. The van der Waals surface area contributed by atoms with Gasteiger partial charge in [0.05, 0.1) is 0 Å². The van der Waals surface area contributed by atoms with Gasteiger partial charge in [0.1, 0.15) is 12.7 Å². The molecule has 0 heterocycles. The molecule has 0 aliphatic rings. The van der Waals surface area contributed by atoms with E-state index >= 15 is 0 Å². The van der Waals surface area contributed by atoms with E-state index in [-0.39, 0.29) is 5.71 Å². The van der Waals surface area contributed by atoms with Crippen LogP contribution in [0.25, 0.3) is 0 Å². The Morgan fingerprint density at radius 1 is 1.31 bits per heavy atom. The molecule has 0 bridgehead atoms. The summed E-state index contributed by atoms with van der Waals surface area (Å²) < 4.78 is 0. The van der Waals surface area contributed by atoms with E-state index < -0.39 is 5.91 Å². The number of nitrogens with zero attached hydrogens (tertiary/aromatic N) is 2. The van der Waals surface area contributed by atoms with E-state index in [0.29, 0.717) is 6.61 Å². The number of primary amides is 1. The molecule has 0 radical (unpaired) electrons. The summed E-state index contributed by atoms with van der Waals surface area (Å²) in [4.78, 5) is 15.4. The average molecular weight is 225 g/mol. The van der Waals surface area contributed by atoms with Crippen molar-refractivity contribution in [3.05, 3.63) is 0 Å². The lowest BCUT2D eigenvalue weighted by molar-refractivity contribution is -0.112. The minimum absolute atomic E-state index is 0.383. The third kappa shape index (κ3) is 7.80. The average Bonchev–Trinajstić information content (AvgIpc) is 2.26. The summed E-state index contributed by atoms with van der Waals surface area (Å²) in [7, 11) is 0. The van der Waals surface area contributed by atoms with Gasteiger partial charge in [0.15, 0.2) is 0 Å². The lowest BCUT2D eigenvalue weighted by atomic mass is 10.1. The Balaban J connectivity index is 3.46. The summed E-state index contributed by atoms with van der Waals surface area (Å²) >= 11 is 0. The maximum atomic E-state index is 10.6. The Labute approximate surface area is 96.2 Å². The zero-order valence-corrected chi connectivity index (χ0v) is 9.74. The van der Waals surface area contributed by atoms with Crippen LogP contribution in [0.3, 0.4) is 0 Å². The van der Waals surface area contributed by atoms with Crippen molar-refractivity contribution < 1.29 is 9.63 Å². The Bertz CT molecular complexity index is 269. The van der Waals surface area contributed by atoms with Crippen molar-refractivity contribution in [3.8, 4) is 6.07 Å². The number of amides is 1. The predicted molar refractivity (Wildman–Crippen MR) is 61.6 cm³/mol. The molecule has 0 atom stereocenters. The van der Waals surface area contributed by atoms with Gasteiger partial charge >= 0.3 is 0 Å². The molecule has 0 spiro atoms. The van der Waals surface area contributed by atoms with Gasteiger partial charge in [-0.3, -0.25) is 4.79 Å². The maximum Gasteiger partial charge on any atom is 0.281 e. The number of hydrogen-bond acceptors (Lipinski definition) is 4. The van der Waals surface area contributed by atoms with Gasteiger partial charge in [0, 0.05) is 0 Å². The fraction of sp³-hybridized carbons (Fsp3) is 0.727. The van der Waals surface area contributed by atoms with Crippen LogP contribution in [-0.2, 0) is 9.63 Å². The van der Waals surface area contributed by atoms with Gasteiger partial charge in [0.25, 0.3) is 5.91 Å². The third-order valence-electron chi connectivity index (χ3n) is 2.08. The summed E-state index contributed by atoms with van der Waals surface area (Å²) in [6.07, 6.45) is 6.87. The van der Waals surface area contributed by atoms with Gasteiger partial charge in [-0.1, -0.05) is 37.8 Å². The Hall–Kier alpha value is -1.57. The number of oxime groups is 1. The molecule has 0 aromatic rings. The highest BCUT2D eigenvalue weighted by Crippen LogP contribution is 2.04. The van der Waals surface area contributed by atoms with Gasteiger partial charge in [-0.25, -0.2) is 0 Å². The van der Waals surface area contributed by atoms with Gasteiger partial charge in [-0.05, 0) is 12.8 Å². The first-order chi connectivity index (χ1) is 7.72. The van der Waals surface area contributed by atoms with Gasteiger partial charge < -0.3 is 10.6 Å². The van der Waals surface area contributed by atoms with Gasteiger partial charge in [-0.15, -0.1) is 0 Å². The van der Waals surface area contributed by atoms with Crippen LogP contribution in [0.5, 0.6) is 0 Å². The van der Waals surface area contributed by atoms with Gasteiger partial charge in [-0.2, -0.15) is 5.26 Å². The molecule has 0 aliphatic carbocycles. The van der Waals surface area contributed by atoms with Crippen LogP contribution in [0.2, 0.25) is 0 Å². The number of unbranched alkanes of at least 4 members (excludes halogenated alkanes) is 5. The predicted octanol–water partition coefficient (Wildman–Crippen LogP) is 1.73. The first kappa shape index (κ1) is 14.4. The number of hydrogen-bond donors (Lipinski definition) is 1. The quantitative estimate of drug-likeness (QED) is 0.368. The zero-order valence-electron chi connectivity index (χ0n) is 9.74. The lowest BCUT2D eigenvalue weighted by Crippen LogP contribution is -2.21. The molecule has 1 amide bonds. The molecule has 0 aliphatic heterocycles.